The lowest BCUT2D eigenvalue weighted by atomic mass is 10.1. The maximum absolute atomic E-state index is 11.5. The zero-order chi connectivity index (χ0) is 14.5. The summed E-state index contributed by atoms with van der Waals surface area (Å²) in [7, 11) is 1.81. The normalized spacial score (nSPS) is 19.2. The second-order valence-electron chi connectivity index (χ2n) is 4.88. The number of furan rings is 1. The van der Waals surface area contributed by atoms with E-state index in [1.165, 1.54) is 0 Å². The fraction of sp³-hybridized carbons (Fsp3) is 0.571. The molecule has 2 heterocycles. The number of ether oxygens (including phenoxy) is 1. The molecule has 1 aliphatic heterocycles. The van der Waals surface area contributed by atoms with Crippen molar-refractivity contribution < 1.29 is 18.7 Å². The van der Waals surface area contributed by atoms with Crippen LogP contribution in [-0.4, -0.2) is 43.0 Å². The van der Waals surface area contributed by atoms with E-state index >= 15 is 0 Å². The lowest BCUT2D eigenvalue weighted by Crippen LogP contribution is -2.46. The monoisotopic (exact) mass is 280 g/mol. The van der Waals surface area contributed by atoms with E-state index in [-0.39, 0.29) is 17.7 Å². The third kappa shape index (κ3) is 3.60. The van der Waals surface area contributed by atoms with Crippen molar-refractivity contribution in [2.75, 3.05) is 20.2 Å². The summed E-state index contributed by atoms with van der Waals surface area (Å²) in [5.74, 6) is 0.652. The van der Waals surface area contributed by atoms with Crippen molar-refractivity contribution >= 4 is 11.9 Å². The zero-order valence-electron chi connectivity index (χ0n) is 11.8. The first-order valence-corrected chi connectivity index (χ1v) is 6.83. The first-order chi connectivity index (χ1) is 9.60. The van der Waals surface area contributed by atoms with E-state index < -0.39 is 5.97 Å². The predicted octanol–water partition coefficient (Wildman–Crippen LogP) is 1.17. The third-order valence-electron chi connectivity index (χ3n) is 3.33. The molecular formula is C14H20N2O4. The second-order valence-corrected chi connectivity index (χ2v) is 4.88. The molecule has 1 aromatic heterocycles. The molecule has 1 aliphatic rings. The highest BCUT2D eigenvalue weighted by molar-refractivity contribution is 5.86. The number of amides is 1. The van der Waals surface area contributed by atoms with E-state index in [0.29, 0.717) is 31.9 Å². The summed E-state index contributed by atoms with van der Waals surface area (Å²) in [5, 5.41) is 3.33. The summed E-state index contributed by atoms with van der Waals surface area (Å²) in [5.41, 5.74) is 0. The number of carbonyl (C=O) groups is 2. The molecular weight excluding hydrogens is 260 g/mol. The number of hydrogen-bond donors (Lipinski definition) is 1. The quantitative estimate of drug-likeness (QED) is 0.820. The predicted molar refractivity (Wildman–Crippen MR) is 72.2 cm³/mol. The SMILES string of the molecule is CCOC(=O)c1ccc(CN[C@H]2CCC(=O)N(C)C2)o1. The molecule has 20 heavy (non-hydrogen) atoms. The van der Waals surface area contributed by atoms with Gasteiger partial charge in [0, 0.05) is 26.1 Å². The van der Waals surface area contributed by atoms with Gasteiger partial charge in [-0.1, -0.05) is 0 Å². The van der Waals surface area contributed by atoms with Gasteiger partial charge in [-0.25, -0.2) is 4.79 Å². The largest absolute Gasteiger partial charge is 0.460 e. The van der Waals surface area contributed by atoms with Crippen LogP contribution < -0.4 is 5.32 Å². The number of likely N-dealkylation sites (N-methyl/N-ethyl adjacent to an activating group) is 1. The van der Waals surface area contributed by atoms with Gasteiger partial charge in [-0.2, -0.15) is 0 Å². The number of rotatable bonds is 5. The molecule has 1 amide bonds. The van der Waals surface area contributed by atoms with Gasteiger partial charge in [-0.05, 0) is 25.5 Å². The van der Waals surface area contributed by atoms with Crippen molar-refractivity contribution in [3.05, 3.63) is 23.7 Å². The van der Waals surface area contributed by atoms with Gasteiger partial charge in [0.25, 0.3) is 0 Å². The fourth-order valence-corrected chi connectivity index (χ4v) is 2.21. The number of esters is 1. The summed E-state index contributed by atoms with van der Waals surface area (Å²) < 4.78 is 10.3. The molecule has 1 aromatic rings. The average Bonchev–Trinajstić information content (AvgIpc) is 2.89. The molecule has 6 heteroatoms. The molecule has 0 aromatic carbocycles. The minimum Gasteiger partial charge on any atom is -0.460 e. The Bertz CT molecular complexity index is 483. The first-order valence-electron chi connectivity index (χ1n) is 6.83. The van der Waals surface area contributed by atoms with Crippen LogP contribution in [0.4, 0.5) is 0 Å². The number of carbonyl (C=O) groups excluding carboxylic acids is 2. The van der Waals surface area contributed by atoms with Crippen molar-refractivity contribution in [2.45, 2.75) is 32.4 Å². The van der Waals surface area contributed by atoms with E-state index in [4.69, 9.17) is 9.15 Å². The minimum absolute atomic E-state index is 0.186. The highest BCUT2D eigenvalue weighted by Gasteiger charge is 2.22. The van der Waals surface area contributed by atoms with Crippen molar-refractivity contribution in [3.63, 3.8) is 0 Å². The van der Waals surface area contributed by atoms with Gasteiger partial charge in [0.1, 0.15) is 5.76 Å². The van der Waals surface area contributed by atoms with Gasteiger partial charge in [0.05, 0.1) is 13.2 Å². The molecule has 2 rings (SSSR count). The molecule has 0 aliphatic carbocycles. The van der Waals surface area contributed by atoms with Crippen LogP contribution in [0.15, 0.2) is 16.5 Å². The van der Waals surface area contributed by atoms with E-state index in [1.54, 1.807) is 24.0 Å². The standard InChI is InChI=1S/C14H20N2O4/c1-3-19-14(18)12-6-5-11(20-12)8-15-10-4-7-13(17)16(2)9-10/h5-6,10,15H,3-4,7-9H2,1-2H3/t10-/m0/s1. The molecule has 0 bridgehead atoms. The first kappa shape index (κ1) is 14.6. The highest BCUT2D eigenvalue weighted by atomic mass is 16.5. The molecule has 1 fully saturated rings. The number of hydrogen-bond acceptors (Lipinski definition) is 5. The summed E-state index contributed by atoms with van der Waals surface area (Å²) in [6.07, 6.45) is 1.40. The summed E-state index contributed by atoms with van der Waals surface area (Å²) in [6.45, 7) is 3.32. The lowest BCUT2D eigenvalue weighted by Gasteiger charge is -2.30. The van der Waals surface area contributed by atoms with Crippen LogP contribution in [-0.2, 0) is 16.1 Å². The van der Waals surface area contributed by atoms with Crippen molar-refractivity contribution in [2.24, 2.45) is 0 Å². The summed E-state index contributed by atoms with van der Waals surface area (Å²) in [6, 6.07) is 3.64. The Morgan fingerprint density at radius 2 is 2.35 bits per heavy atom. The Morgan fingerprint density at radius 1 is 1.55 bits per heavy atom. The Kier molecular flexibility index (Phi) is 4.79. The highest BCUT2D eigenvalue weighted by Crippen LogP contribution is 2.12. The molecule has 1 atom stereocenters. The number of likely N-dealkylation sites (tertiary alicyclic amines) is 1. The second kappa shape index (κ2) is 6.56. The van der Waals surface area contributed by atoms with Gasteiger partial charge >= 0.3 is 5.97 Å². The Labute approximate surface area is 118 Å². The Balaban J connectivity index is 1.82. The summed E-state index contributed by atoms with van der Waals surface area (Å²) >= 11 is 0. The van der Waals surface area contributed by atoms with Gasteiger partial charge in [-0.15, -0.1) is 0 Å². The van der Waals surface area contributed by atoms with Crippen LogP contribution in [0.1, 0.15) is 36.1 Å². The molecule has 0 spiro atoms. The van der Waals surface area contributed by atoms with Crippen molar-refractivity contribution in [1.29, 1.82) is 0 Å². The van der Waals surface area contributed by atoms with Crippen LogP contribution in [0.25, 0.3) is 0 Å². The van der Waals surface area contributed by atoms with E-state index in [1.807, 2.05) is 7.05 Å². The fourth-order valence-electron chi connectivity index (χ4n) is 2.21. The van der Waals surface area contributed by atoms with Crippen LogP contribution in [0, 0.1) is 0 Å². The lowest BCUT2D eigenvalue weighted by molar-refractivity contribution is -0.132. The van der Waals surface area contributed by atoms with Crippen LogP contribution in [0.3, 0.4) is 0 Å². The average molecular weight is 280 g/mol. The Morgan fingerprint density at radius 3 is 3.05 bits per heavy atom. The van der Waals surface area contributed by atoms with Crippen LogP contribution >= 0.6 is 0 Å². The van der Waals surface area contributed by atoms with Gasteiger partial charge in [-0.3, -0.25) is 4.79 Å². The number of nitrogens with zero attached hydrogens (tertiary/aromatic N) is 1. The van der Waals surface area contributed by atoms with E-state index in [9.17, 15) is 9.59 Å². The maximum atomic E-state index is 11.5. The molecule has 0 unspecified atom stereocenters. The van der Waals surface area contributed by atoms with Crippen LogP contribution in [0.5, 0.6) is 0 Å². The molecule has 0 saturated carbocycles. The van der Waals surface area contributed by atoms with E-state index in [2.05, 4.69) is 5.32 Å². The van der Waals surface area contributed by atoms with Gasteiger partial charge < -0.3 is 19.4 Å². The number of piperidine rings is 1. The minimum atomic E-state index is -0.443. The van der Waals surface area contributed by atoms with Gasteiger partial charge in [0.2, 0.25) is 11.7 Å². The zero-order valence-corrected chi connectivity index (χ0v) is 11.8. The maximum Gasteiger partial charge on any atom is 0.374 e. The molecule has 6 nitrogen and oxygen atoms in total. The van der Waals surface area contributed by atoms with Crippen molar-refractivity contribution in [3.8, 4) is 0 Å². The molecule has 1 saturated heterocycles. The molecule has 0 radical (unpaired) electrons. The van der Waals surface area contributed by atoms with E-state index in [0.717, 1.165) is 6.42 Å². The van der Waals surface area contributed by atoms with Crippen molar-refractivity contribution in [1.82, 2.24) is 10.2 Å². The molecule has 110 valence electrons. The van der Waals surface area contributed by atoms with Gasteiger partial charge in [0.15, 0.2) is 0 Å². The Hall–Kier alpha value is -1.82. The van der Waals surface area contributed by atoms with Crippen LogP contribution in [0.2, 0.25) is 0 Å². The third-order valence-corrected chi connectivity index (χ3v) is 3.33. The molecule has 1 N–H and O–H groups in total. The topological polar surface area (TPSA) is 71.8 Å². The number of nitrogens with one attached hydrogen (secondary N) is 1. The smallest absolute Gasteiger partial charge is 0.374 e. The summed E-state index contributed by atoms with van der Waals surface area (Å²) in [4.78, 5) is 24.6.